The van der Waals surface area contributed by atoms with E-state index in [2.05, 4.69) is 15.1 Å². The maximum Gasteiger partial charge on any atom is 0.272 e. The number of hydrogen-bond acceptors (Lipinski definition) is 5. The maximum absolute atomic E-state index is 13.2. The van der Waals surface area contributed by atoms with E-state index >= 15 is 0 Å². The number of benzene rings is 2. The van der Waals surface area contributed by atoms with E-state index in [1.807, 2.05) is 38.1 Å². The van der Waals surface area contributed by atoms with Crippen LogP contribution in [0.25, 0.3) is 16.7 Å². The highest BCUT2D eigenvalue weighted by Crippen LogP contribution is 2.23. The highest BCUT2D eigenvalue weighted by atomic mass is 16.2. The van der Waals surface area contributed by atoms with Crippen molar-refractivity contribution in [1.29, 1.82) is 0 Å². The molecule has 31 heavy (non-hydrogen) atoms. The van der Waals surface area contributed by atoms with Gasteiger partial charge in [0.15, 0.2) is 0 Å². The highest BCUT2D eigenvalue weighted by molar-refractivity contribution is 5.97. The lowest BCUT2D eigenvalue weighted by atomic mass is 10.1. The zero-order valence-electron chi connectivity index (χ0n) is 18.0. The molecule has 158 valence electrons. The van der Waals surface area contributed by atoms with Crippen LogP contribution in [0, 0.1) is 6.92 Å². The second kappa shape index (κ2) is 8.14. The minimum atomic E-state index is -0.132. The molecule has 1 atom stereocenters. The van der Waals surface area contributed by atoms with Gasteiger partial charge in [-0.3, -0.25) is 9.59 Å². The van der Waals surface area contributed by atoms with E-state index in [4.69, 9.17) is 0 Å². The topological polar surface area (TPSA) is 85.9 Å². The first-order valence-corrected chi connectivity index (χ1v) is 10.1. The van der Waals surface area contributed by atoms with Crippen LogP contribution in [0.5, 0.6) is 0 Å². The molecule has 0 radical (unpaired) electrons. The SMILES string of the molecule is CCn1c(=O)c(C)nc2cc(C(=O)N(C)[C@@H](C)c3ccc(-n4cncn4)cc3)ccc21. The summed E-state index contributed by atoms with van der Waals surface area (Å²) in [6.45, 7) is 6.15. The summed E-state index contributed by atoms with van der Waals surface area (Å²) in [5.41, 5.74) is 4.14. The minimum Gasteiger partial charge on any atom is -0.335 e. The first kappa shape index (κ1) is 20.5. The monoisotopic (exact) mass is 416 g/mol. The average Bonchev–Trinajstić information content (AvgIpc) is 3.33. The number of rotatable bonds is 5. The predicted molar refractivity (Wildman–Crippen MR) is 118 cm³/mol. The smallest absolute Gasteiger partial charge is 0.272 e. The molecule has 0 bridgehead atoms. The fourth-order valence-corrected chi connectivity index (χ4v) is 3.67. The van der Waals surface area contributed by atoms with Crippen LogP contribution in [0.4, 0.5) is 0 Å². The van der Waals surface area contributed by atoms with Gasteiger partial charge < -0.3 is 9.47 Å². The lowest BCUT2D eigenvalue weighted by Gasteiger charge is -2.26. The van der Waals surface area contributed by atoms with E-state index in [-0.39, 0.29) is 17.5 Å². The molecule has 8 nitrogen and oxygen atoms in total. The van der Waals surface area contributed by atoms with Crippen LogP contribution in [0.1, 0.15) is 41.5 Å². The Kier molecular flexibility index (Phi) is 5.37. The van der Waals surface area contributed by atoms with Crippen molar-refractivity contribution in [3.63, 3.8) is 0 Å². The number of amides is 1. The van der Waals surface area contributed by atoms with E-state index in [0.29, 0.717) is 23.3 Å². The van der Waals surface area contributed by atoms with Crippen molar-refractivity contribution in [2.45, 2.75) is 33.4 Å². The standard InChI is InChI=1S/C23H24N6O2/c1-5-28-21-11-8-18(12-20(21)26-15(2)22(28)30)23(31)27(4)16(3)17-6-9-19(10-7-17)29-14-24-13-25-29/h6-14,16H,5H2,1-4H3/t16-/m0/s1. The minimum absolute atomic E-state index is 0.103. The molecule has 0 spiro atoms. The first-order valence-electron chi connectivity index (χ1n) is 10.1. The summed E-state index contributed by atoms with van der Waals surface area (Å²) in [5.74, 6) is -0.108. The summed E-state index contributed by atoms with van der Waals surface area (Å²) >= 11 is 0. The van der Waals surface area contributed by atoms with Gasteiger partial charge in [0.05, 0.1) is 22.8 Å². The van der Waals surface area contributed by atoms with Gasteiger partial charge in [0.25, 0.3) is 11.5 Å². The summed E-state index contributed by atoms with van der Waals surface area (Å²) in [6, 6.07) is 13.0. The lowest BCUT2D eigenvalue weighted by molar-refractivity contribution is 0.0743. The van der Waals surface area contributed by atoms with Gasteiger partial charge in [0.1, 0.15) is 18.3 Å². The molecule has 0 aliphatic carbocycles. The van der Waals surface area contributed by atoms with Gasteiger partial charge in [0.2, 0.25) is 0 Å². The van der Waals surface area contributed by atoms with Crippen molar-refractivity contribution in [3.8, 4) is 5.69 Å². The van der Waals surface area contributed by atoms with E-state index in [1.54, 1.807) is 52.6 Å². The van der Waals surface area contributed by atoms with E-state index in [9.17, 15) is 9.59 Å². The summed E-state index contributed by atoms with van der Waals surface area (Å²) in [4.78, 5) is 35.5. The third-order valence-electron chi connectivity index (χ3n) is 5.63. The number of nitrogens with zero attached hydrogens (tertiary/aromatic N) is 6. The quantitative estimate of drug-likeness (QED) is 0.499. The fourth-order valence-electron chi connectivity index (χ4n) is 3.67. The molecular formula is C23H24N6O2. The van der Waals surface area contributed by atoms with Crippen molar-refractivity contribution in [2.24, 2.45) is 0 Å². The van der Waals surface area contributed by atoms with Crippen LogP contribution in [-0.4, -0.2) is 42.2 Å². The van der Waals surface area contributed by atoms with Gasteiger partial charge in [-0.25, -0.2) is 14.6 Å². The van der Waals surface area contributed by atoms with Crippen LogP contribution in [-0.2, 0) is 6.54 Å². The van der Waals surface area contributed by atoms with Crippen LogP contribution in [0.2, 0.25) is 0 Å². The predicted octanol–water partition coefficient (Wildman–Crippen LogP) is 3.14. The Morgan fingerprint density at radius 3 is 2.55 bits per heavy atom. The number of aryl methyl sites for hydroxylation is 2. The summed E-state index contributed by atoms with van der Waals surface area (Å²) in [6.07, 6.45) is 3.13. The molecular weight excluding hydrogens is 392 g/mol. The maximum atomic E-state index is 13.2. The Morgan fingerprint density at radius 1 is 1.16 bits per heavy atom. The molecule has 4 rings (SSSR count). The van der Waals surface area contributed by atoms with Crippen LogP contribution in [0.15, 0.2) is 59.9 Å². The summed E-state index contributed by atoms with van der Waals surface area (Å²) in [7, 11) is 1.79. The highest BCUT2D eigenvalue weighted by Gasteiger charge is 2.20. The Bertz CT molecular complexity index is 1290. The van der Waals surface area contributed by atoms with Crippen molar-refractivity contribution in [2.75, 3.05) is 7.05 Å². The number of carbonyl (C=O) groups is 1. The Balaban J connectivity index is 1.60. The molecule has 2 heterocycles. The van der Waals surface area contributed by atoms with Gasteiger partial charge in [-0.1, -0.05) is 12.1 Å². The van der Waals surface area contributed by atoms with Gasteiger partial charge >= 0.3 is 0 Å². The first-order chi connectivity index (χ1) is 14.9. The number of hydrogen-bond donors (Lipinski definition) is 0. The molecule has 2 aromatic carbocycles. The molecule has 0 saturated carbocycles. The molecule has 2 aromatic heterocycles. The third-order valence-corrected chi connectivity index (χ3v) is 5.63. The molecule has 0 aliphatic rings. The average molecular weight is 416 g/mol. The zero-order chi connectivity index (χ0) is 22.1. The van der Waals surface area contributed by atoms with E-state index in [1.165, 1.54) is 6.33 Å². The van der Waals surface area contributed by atoms with E-state index in [0.717, 1.165) is 16.8 Å². The normalized spacial score (nSPS) is 12.1. The van der Waals surface area contributed by atoms with E-state index < -0.39 is 0 Å². The summed E-state index contributed by atoms with van der Waals surface area (Å²) < 4.78 is 3.36. The third kappa shape index (κ3) is 3.72. The Hall–Kier alpha value is -3.81. The number of carbonyl (C=O) groups excluding carboxylic acids is 1. The Morgan fingerprint density at radius 2 is 1.90 bits per heavy atom. The molecule has 1 amide bonds. The Labute approximate surface area is 179 Å². The van der Waals surface area contributed by atoms with Crippen LogP contribution >= 0.6 is 0 Å². The van der Waals surface area contributed by atoms with Gasteiger partial charge in [-0.05, 0) is 56.7 Å². The molecule has 0 unspecified atom stereocenters. The second-order valence-corrected chi connectivity index (χ2v) is 7.47. The van der Waals surface area contributed by atoms with Gasteiger partial charge in [-0.15, -0.1) is 0 Å². The molecule has 4 aromatic rings. The fraction of sp³-hybridized carbons (Fsp3) is 0.261. The van der Waals surface area contributed by atoms with Gasteiger partial charge in [0, 0.05) is 19.2 Å². The second-order valence-electron chi connectivity index (χ2n) is 7.47. The molecule has 0 fully saturated rings. The summed E-state index contributed by atoms with van der Waals surface area (Å²) in [5, 5.41) is 4.13. The number of aromatic nitrogens is 5. The van der Waals surface area contributed by atoms with Crippen LogP contribution < -0.4 is 5.56 Å². The van der Waals surface area contributed by atoms with Crippen LogP contribution in [0.3, 0.4) is 0 Å². The zero-order valence-corrected chi connectivity index (χ0v) is 18.0. The van der Waals surface area contributed by atoms with Crippen molar-refractivity contribution >= 4 is 16.9 Å². The van der Waals surface area contributed by atoms with Crippen molar-refractivity contribution < 1.29 is 4.79 Å². The molecule has 0 N–H and O–H groups in total. The lowest BCUT2D eigenvalue weighted by Crippen LogP contribution is -2.30. The molecule has 0 aliphatic heterocycles. The largest absolute Gasteiger partial charge is 0.335 e. The number of fused-ring (bicyclic) bond motifs is 1. The van der Waals surface area contributed by atoms with Crippen molar-refractivity contribution in [3.05, 3.63) is 82.3 Å². The molecule has 8 heteroatoms. The molecule has 0 saturated heterocycles. The van der Waals surface area contributed by atoms with Gasteiger partial charge in [-0.2, -0.15) is 5.10 Å². The van der Waals surface area contributed by atoms with Crippen molar-refractivity contribution in [1.82, 2.24) is 29.2 Å².